The summed E-state index contributed by atoms with van der Waals surface area (Å²) in [6.07, 6.45) is 0. The molecular weight excluding hydrogens is 208 g/mol. The van der Waals surface area contributed by atoms with Gasteiger partial charge in [0, 0.05) is 13.1 Å². The summed E-state index contributed by atoms with van der Waals surface area (Å²) in [5, 5.41) is 15.6. The molecule has 0 aromatic heterocycles. The summed E-state index contributed by atoms with van der Waals surface area (Å²) in [7, 11) is 1.71. The third kappa shape index (κ3) is 2.75. The molecule has 0 aliphatic carbocycles. The highest BCUT2D eigenvalue weighted by Gasteiger charge is 2.01. The van der Waals surface area contributed by atoms with Crippen LogP contribution in [0.5, 0.6) is 5.75 Å². The van der Waals surface area contributed by atoms with Crippen molar-refractivity contribution in [1.82, 2.24) is 5.32 Å². The molecule has 0 atom stereocenters. The van der Waals surface area contributed by atoms with Gasteiger partial charge in [-0.2, -0.15) is 0 Å². The Labute approximate surface area is 86.7 Å². The van der Waals surface area contributed by atoms with Gasteiger partial charge in [-0.3, -0.25) is 0 Å². The molecule has 0 saturated heterocycles. The molecule has 70 valence electrons. The van der Waals surface area contributed by atoms with E-state index in [-0.39, 0.29) is 5.75 Å². The standard InChI is InChI=1S/C8H9ClN2OS/c1-10-8(13)11-7-3-2-5(12)4-6(7)9/h2-4,12H,1H3,(H2,10,11,13). The van der Waals surface area contributed by atoms with Crippen LogP contribution in [0.2, 0.25) is 5.02 Å². The van der Waals surface area contributed by atoms with Crippen molar-refractivity contribution < 1.29 is 5.11 Å². The van der Waals surface area contributed by atoms with Crippen LogP contribution in [0.4, 0.5) is 5.69 Å². The lowest BCUT2D eigenvalue weighted by molar-refractivity contribution is 0.475. The highest BCUT2D eigenvalue weighted by atomic mass is 35.5. The summed E-state index contributed by atoms with van der Waals surface area (Å²) in [6.45, 7) is 0. The largest absolute Gasteiger partial charge is 0.508 e. The normalized spacial score (nSPS) is 9.38. The van der Waals surface area contributed by atoms with Crippen molar-refractivity contribution in [2.24, 2.45) is 0 Å². The number of thiocarbonyl (C=S) groups is 1. The smallest absolute Gasteiger partial charge is 0.170 e. The Morgan fingerprint density at radius 1 is 1.54 bits per heavy atom. The van der Waals surface area contributed by atoms with Crippen molar-refractivity contribution in [3.8, 4) is 5.75 Å². The number of aromatic hydroxyl groups is 1. The lowest BCUT2D eigenvalue weighted by Crippen LogP contribution is -2.24. The van der Waals surface area contributed by atoms with Crippen LogP contribution in [0.15, 0.2) is 18.2 Å². The fraction of sp³-hybridized carbons (Fsp3) is 0.125. The van der Waals surface area contributed by atoms with Gasteiger partial charge in [0.2, 0.25) is 0 Å². The molecule has 0 bridgehead atoms. The van der Waals surface area contributed by atoms with Gasteiger partial charge >= 0.3 is 0 Å². The molecule has 0 radical (unpaired) electrons. The van der Waals surface area contributed by atoms with Gasteiger partial charge < -0.3 is 15.7 Å². The molecule has 3 nitrogen and oxygen atoms in total. The topological polar surface area (TPSA) is 44.3 Å². The monoisotopic (exact) mass is 216 g/mol. The van der Waals surface area contributed by atoms with E-state index < -0.39 is 0 Å². The molecule has 0 fully saturated rings. The van der Waals surface area contributed by atoms with Crippen molar-refractivity contribution in [3.05, 3.63) is 23.2 Å². The van der Waals surface area contributed by atoms with Crippen LogP contribution in [0.25, 0.3) is 0 Å². The molecule has 1 aromatic rings. The van der Waals surface area contributed by atoms with Gasteiger partial charge in [0.1, 0.15) is 5.75 Å². The Balaban J connectivity index is 2.83. The first-order chi connectivity index (χ1) is 6.13. The number of rotatable bonds is 1. The molecule has 0 saturated carbocycles. The third-order valence-corrected chi connectivity index (χ3v) is 2.05. The van der Waals surface area contributed by atoms with Gasteiger partial charge in [0.15, 0.2) is 5.11 Å². The molecule has 0 spiro atoms. The zero-order chi connectivity index (χ0) is 9.84. The average Bonchev–Trinajstić information content (AvgIpc) is 2.09. The molecule has 0 unspecified atom stereocenters. The van der Waals surface area contributed by atoms with Crippen molar-refractivity contribution in [2.75, 3.05) is 12.4 Å². The molecule has 0 amide bonds. The zero-order valence-electron chi connectivity index (χ0n) is 6.97. The number of anilines is 1. The second-order valence-electron chi connectivity index (χ2n) is 2.37. The van der Waals surface area contributed by atoms with Crippen LogP contribution in [0.1, 0.15) is 0 Å². The van der Waals surface area contributed by atoms with Crippen LogP contribution in [-0.4, -0.2) is 17.3 Å². The zero-order valence-corrected chi connectivity index (χ0v) is 8.54. The van der Waals surface area contributed by atoms with Crippen molar-refractivity contribution >= 4 is 34.6 Å². The molecule has 5 heteroatoms. The molecule has 0 aliphatic rings. The minimum atomic E-state index is 0.130. The predicted octanol–water partition coefficient (Wildman–Crippen LogP) is 1.96. The maximum atomic E-state index is 9.07. The van der Waals surface area contributed by atoms with Gasteiger partial charge in [0.25, 0.3) is 0 Å². The highest BCUT2D eigenvalue weighted by molar-refractivity contribution is 7.80. The summed E-state index contributed by atoms with van der Waals surface area (Å²) in [4.78, 5) is 0. The first-order valence-electron chi connectivity index (χ1n) is 3.60. The minimum Gasteiger partial charge on any atom is -0.508 e. The van der Waals surface area contributed by atoms with E-state index >= 15 is 0 Å². The number of benzene rings is 1. The third-order valence-electron chi connectivity index (χ3n) is 1.43. The number of halogens is 1. The van der Waals surface area contributed by atoms with Gasteiger partial charge in [0.05, 0.1) is 10.7 Å². The van der Waals surface area contributed by atoms with Gasteiger partial charge in [-0.1, -0.05) is 11.6 Å². The summed E-state index contributed by atoms with van der Waals surface area (Å²) in [6, 6.07) is 4.63. The van der Waals surface area contributed by atoms with Gasteiger partial charge in [-0.05, 0) is 24.4 Å². The number of phenols is 1. The Hall–Kier alpha value is -1.00. The van der Waals surface area contributed by atoms with Gasteiger partial charge in [-0.15, -0.1) is 0 Å². The van der Waals surface area contributed by atoms with E-state index in [9.17, 15) is 0 Å². The second kappa shape index (κ2) is 4.30. The molecule has 13 heavy (non-hydrogen) atoms. The number of phenolic OH excluding ortho intramolecular Hbond substituents is 1. The van der Waals surface area contributed by atoms with Crippen molar-refractivity contribution in [1.29, 1.82) is 0 Å². The summed E-state index contributed by atoms with van der Waals surface area (Å²) in [5.74, 6) is 0.130. The van der Waals surface area contributed by atoms with E-state index in [1.807, 2.05) is 0 Å². The summed E-state index contributed by atoms with van der Waals surface area (Å²) in [5.41, 5.74) is 0.666. The Morgan fingerprint density at radius 2 is 2.23 bits per heavy atom. The number of hydrogen-bond acceptors (Lipinski definition) is 2. The van der Waals surface area contributed by atoms with E-state index in [0.717, 1.165) is 0 Å². The van der Waals surface area contributed by atoms with Crippen molar-refractivity contribution in [3.63, 3.8) is 0 Å². The maximum absolute atomic E-state index is 9.07. The molecule has 1 aromatic carbocycles. The Morgan fingerprint density at radius 3 is 2.77 bits per heavy atom. The van der Waals surface area contributed by atoms with Crippen LogP contribution >= 0.6 is 23.8 Å². The average molecular weight is 217 g/mol. The molecule has 3 N–H and O–H groups in total. The summed E-state index contributed by atoms with van der Waals surface area (Å²) < 4.78 is 0. The highest BCUT2D eigenvalue weighted by Crippen LogP contribution is 2.25. The van der Waals surface area contributed by atoms with E-state index in [1.54, 1.807) is 13.1 Å². The Bertz CT molecular complexity index is 330. The van der Waals surface area contributed by atoms with Gasteiger partial charge in [-0.25, -0.2) is 0 Å². The van der Waals surface area contributed by atoms with E-state index in [1.165, 1.54) is 12.1 Å². The SMILES string of the molecule is CNC(=S)Nc1ccc(O)cc1Cl. The quantitative estimate of drug-likeness (QED) is 0.496. The van der Waals surface area contributed by atoms with Crippen molar-refractivity contribution in [2.45, 2.75) is 0 Å². The molecule has 1 rings (SSSR count). The first kappa shape index (κ1) is 10.1. The van der Waals surface area contributed by atoms with Crippen LogP contribution in [0, 0.1) is 0 Å². The minimum absolute atomic E-state index is 0.130. The second-order valence-corrected chi connectivity index (χ2v) is 3.18. The Kier molecular flexibility index (Phi) is 3.33. The van der Waals surface area contributed by atoms with Crippen LogP contribution in [0.3, 0.4) is 0 Å². The molecular formula is C8H9ClN2OS. The fourth-order valence-electron chi connectivity index (χ4n) is 0.790. The lowest BCUT2D eigenvalue weighted by atomic mass is 10.3. The summed E-state index contributed by atoms with van der Waals surface area (Å²) >= 11 is 10.7. The molecule has 0 heterocycles. The van der Waals surface area contributed by atoms with Crippen LogP contribution in [-0.2, 0) is 0 Å². The first-order valence-corrected chi connectivity index (χ1v) is 4.39. The van der Waals surface area contributed by atoms with Crippen LogP contribution < -0.4 is 10.6 Å². The lowest BCUT2D eigenvalue weighted by Gasteiger charge is -2.08. The van der Waals surface area contributed by atoms with E-state index in [0.29, 0.717) is 15.8 Å². The van der Waals surface area contributed by atoms with E-state index in [2.05, 4.69) is 10.6 Å². The number of nitrogens with one attached hydrogen (secondary N) is 2. The molecule has 0 aliphatic heterocycles. The number of hydrogen-bond donors (Lipinski definition) is 3. The maximum Gasteiger partial charge on any atom is 0.170 e. The van der Waals surface area contributed by atoms with E-state index in [4.69, 9.17) is 28.9 Å². The predicted molar refractivity (Wildman–Crippen MR) is 58.4 cm³/mol. The fourth-order valence-corrected chi connectivity index (χ4v) is 1.12.